The van der Waals surface area contributed by atoms with Crippen molar-refractivity contribution in [2.24, 2.45) is 0 Å². The highest BCUT2D eigenvalue weighted by atomic mass is 19.2. The van der Waals surface area contributed by atoms with Gasteiger partial charge in [-0.1, -0.05) is 18.2 Å². The molecular formula is C19H19F2NO4. The van der Waals surface area contributed by atoms with Gasteiger partial charge in [0.1, 0.15) is 11.8 Å². The molecule has 0 aliphatic rings. The fourth-order valence-corrected chi connectivity index (χ4v) is 2.45. The molecule has 0 aliphatic heterocycles. The van der Waals surface area contributed by atoms with Crippen molar-refractivity contribution in [3.8, 4) is 5.75 Å². The Morgan fingerprint density at radius 2 is 1.81 bits per heavy atom. The lowest BCUT2D eigenvalue weighted by atomic mass is 10.0. The van der Waals surface area contributed by atoms with E-state index in [0.717, 1.165) is 17.7 Å². The van der Waals surface area contributed by atoms with E-state index in [2.05, 4.69) is 5.32 Å². The van der Waals surface area contributed by atoms with Crippen molar-refractivity contribution in [2.75, 3.05) is 14.2 Å². The molecule has 1 amide bonds. The molecule has 0 heterocycles. The standard InChI is InChI=1S/C19H19F2NO4/c1-25-14-5-3-4-12(8-14)10-17(19(24)26-2)22-18(23)11-13-6-7-15(20)16(21)9-13/h3-9,17H,10-11H2,1-2H3,(H,22,23)/t17-/m1/s1. The summed E-state index contributed by atoms with van der Waals surface area (Å²) in [4.78, 5) is 24.2. The van der Waals surface area contributed by atoms with E-state index < -0.39 is 29.6 Å². The van der Waals surface area contributed by atoms with Gasteiger partial charge < -0.3 is 14.8 Å². The average molecular weight is 363 g/mol. The van der Waals surface area contributed by atoms with Crippen LogP contribution >= 0.6 is 0 Å². The van der Waals surface area contributed by atoms with Crippen LogP contribution in [0, 0.1) is 11.6 Å². The van der Waals surface area contributed by atoms with Gasteiger partial charge in [-0.05, 0) is 35.4 Å². The number of nitrogens with one attached hydrogen (secondary N) is 1. The van der Waals surface area contributed by atoms with E-state index in [4.69, 9.17) is 9.47 Å². The summed E-state index contributed by atoms with van der Waals surface area (Å²) < 4.78 is 36.1. The largest absolute Gasteiger partial charge is 0.497 e. The number of benzene rings is 2. The molecule has 2 aromatic carbocycles. The Labute approximate surface area is 149 Å². The summed E-state index contributed by atoms with van der Waals surface area (Å²) in [5, 5.41) is 2.57. The minimum atomic E-state index is -1.03. The second-order valence-corrected chi connectivity index (χ2v) is 5.62. The Balaban J connectivity index is 2.07. The number of carbonyl (C=O) groups excluding carboxylic acids is 2. The summed E-state index contributed by atoms with van der Waals surface area (Å²) in [5.74, 6) is -2.50. The monoisotopic (exact) mass is 363 g/mol. The molecule has 26 heavy (non-hydrogen) atoms. The zero-order valence-corrected chi connectivity index (χ0v) is 14.4. The van der Waals surface area contributed by atoms with Crippen molar-refractivity contribution in [2.45, 2.75) is 18.9 Å². The molecule has 0 aliphatic carbocycles. The van der Waals surface area contributed by atoms with Gasteiger partial charge in [-0.25, -0.2) is 13.6 Å². The zero-order chi connectivity index (χ0) is 19.1. The first-order chi connectivity index (χ1) is 12.4. The van der Waals surface area contributed by atoms with Crippen molar-refractivity contribution < 1.29 is 27.8 Å². The molecule has 138 valence electrons. The summed E-state index contributed by atoms with van der Waals surface area (Å²) in [6.45, 7) is 0. The minimum absolute atomic E-state index is 0.192. The molecule has 0 aromatic heterocycles. The number of carbonyl (C=O) groups is 2. The lowest BCUT2D eigenvalue weighted by molar-refractivity contribution is -0.145. The number of hydrogen-bond donors (Lipinski definition) is 1. The molecule has 1 atom stereocenters. The quantitative estimate of drug-likeness (QED) is 0.768. The zero-order valence-electron chi connectivity index (χ0n) is 14.4. The van der Waals surface area contributed by atoms with Gasteiger partial charge in [-0.2, -0.15) is 0 Å². The second-order valence-electron chi connectivity index (χ2n) is 5.62. The van der Waals surface area contributed by atoms with Crippen LogP contribution in [0.1, 0.15) is 11.1 Å². The summed E-state index contributed by atoms with van der Waals surface area (Å²) in [6, 6.07) is 9.37. The van der Waals surface area contributed by atoms with E-state index >= 15 is 0 Å². The highest BCUT2D eigenvalue weighted by molar-refractivity contribution is 5.85. The maximum absolute atomic E-state index is 13.2. The number of ether oxygens (including phenoxy) is 2. The summed E-state index contributed by atoms with van der Waals surface area (Å²) >= 11 is 0. The van der Waals surface area contributed by atoms with Crippen molar-refractivity contribution in [3.05, 3.63) is 65.2 Å². The van der Waals surface area contributed by atoms with Crippen LogP contribution in [0.4, 0.5) is 8.78 Å². The molecule has 2 rings (SSSR count). The van der Waals surface area contributed by atoms with Gasteiger partial charge in [0.2, 0.25) is 5.91 Å². The molecule has 0 unspecified atom stereocenters. The Hall–Kier alpha value is -2.96. The molecule has 0 radical (unpaired) electrons. The molecule has 0 saturated heterocycles. The Morgan fingerprint density at radius 1 is 1.04 bits per heavy atom. The predicted octanol–water partition coefficient (Wildman–Crippen LogP) is 2.42. The van der Waals surface area contributed by atoms with E-state index in [1.807, 2.05) is 0 Å². The normalized spacial score (nSPS) is 11.5. The Kier molecular flexibility index (Phi) is 6.66. The van der Waals surface area contributed by atoms with Crippen molar-refractivity contribution >= 4 is 11.9 Å². The molecule has 0 saturated carbocycles. The highest BCUT2D eigenvalue weighted by Crippen LogP contribution is 2.15. The molecule has 0 bridgehead atoms. The van der Waals surface area contributed by atoms with Crippen LogP contribution in [0.5, 0.6) is 5.75 Å². The average Bonchev–Trinajstić information content (AvgIpc) is 2.63. The van der Waals surface area contributed by atoms with E-state index in [0.29, 0.717) is 11.3 Å². The highest BCUT2D eigenvalue weighted by Gasteiger charge is 2.22. The van der Waals surface area contributed by atoms with Gasteiger partial charge in [-0.3, -0.25) is 4.79 Å². The van der Waals surface area contributed by atoms with Crippen LogP contribution in [0.3, 0.4) is 0 Å². The van der Waals surface area contributed by atoms with Gasteiger partial charge in [0.05, 0.1) is 20.6 Å². The predicted molar refractivity (Wildman–Crippen MR) is 90.7 cm³/mol. The lowest BCUT2D eigenvalue weighted by Crippen LogP contribution is -2.43. The molecule has 5 nitrogen and oxygen atoms in total. The summed E-state index contributed by atoms with van der Waals surface area (Å²) in [7, 11) is 2.75. The third-order valence-electron chi connectivity index (χ3n) is 3.74. The molecule has 1 N–H and O–H groups in total. The SMILES string of the molecule is COC(=O)[C@@H](Cc1cccc(OC)c1)NC(=O)Cc1ccc(F)c(F)c1. The molecule has 0 spiro atoms. The maximum atomic E-state index is 13.2. The van der Waals surface area contributed by atoms with Gasteiger partial charge in [0.25, 0.3) is 0 Å². The topological polar surface area (TPSA) is 64.6 Å². The van der Waals surface area contributed by atoms with Crippen LogP contribution in [0.15, 0.2) is 42.5 Å². The first-order valence-electron chi connectivity index (χ1n) is 7.87. The van der Waals surface area contributed by atoms with Gasteiger partial charge >= 0.3 is 5.97 Å². The first-order valence-corrected chi connectivity index (χ1v) is 7.87. The third kappa shape index (κ3) is 5.27. The lowest BCUT2D eigenvalue weighted by Gasteiger charge is -2.17. The molecular weight excluding hydrogens is 344 g/mol. The van der Waals surface area contributed by atoms with Gasteiger partial charge in [-0.15, -0.1) is 0 Å². The number of esters is 1. The van der Waals surface area contributed by atoms with E-state index in [1.165, 1.54) is 20.3 Å². The van der Waals surface area contributed by atoms with E-state index in [1.54, 1.807) is 24.3 Å². The molecule has 2 aromatic rings. The van der Waals surface area contributed by atoms with E-state index in [-0.39, 0.29) is 12.8 Å². The van der Waals surface area contributed by atoms with Gasteiger partial charge in [0, 0.05) is 6.42 Å². The smallest absolute Gasteiger partial charge is 0.328 e. The number of hydrogen-bond acceptors (Lipinski definition) is 4. The fourth-order valence-electron chi connectivity index (χ4n) is 2.45. The van der Waals surface area contributed by atoms with Crippen LogP contribution in [-0.4, -0.2) is 32.1 Å². The Bertz CT molecular complexity index is 795. The number of halogens is 2. The van der Waals surface area contributed by atoms with Crippen LogP contribution in [0.25, 0.3) is 0 Å². The van der Waals surface area contributed by atoms with Crippen molar-refractivity contribution in [1.29, 1.82) is 0 Å². The van der Waals surface area contributed by atoms with Crippen molar-refractivity contribution in [1.82, 2.24) is 5.32 Å². The third-order valence-corrected chi connectivity index (χ3v) is 3.74. The van der Waals surface area contributed by atoms with E-state index in [9.17, 15) is 18.4 Å². The van der Waals surface area contributed by atoms with Crippen LogP contribution < -0.4 is 10.1 Å². The summed E-state index contributed by atoms with van der Waals surface area (Å²) in [6.07, 6.45) is 0.0101. The number of methoxy groups -OCH3 is 2. The maximum Gasteiger partial charge on any atom is 0.328 e. The van der Waals surface area contributed by atoms with Gasteiger partial charge in [0.15, 0.2) is 11.6 Å². The number of rotatable bonds is 7. The fraction of sp³-hybridized carbons (Fsp3) is 0.263. The molecule has 7 heteroatoms. The van der Waals surface area contributed by atoms with Crippen LogP contribution in [0.2, 0.25) is 0 Å². The second kappa shape index (κ2) is 8.94. The number of amides is 1. The first kappa shape index (κ1) is 19.4. The minimum Gasteiger partial charge on any atom is -0.497 e. The molecule has 0 fully saturated rings. The summed E-state index contributed by atoms with van der Waals surface area (Å²) in [5.41, 5.74) is 1.07. The Morgan fingerprint density at radius 3 is 2.46 bits per heavy atom. The van der Waals surface area contributed by atoms with Crippen molar-refractivity contribution in [3.63, 3.8) is 0 Å². The van der Waals surface area contributed by atoms with Crippen LogP contribution in [-0.2, 0) is 27.2 Å².